The van der Waals surface area contributed by atoms with E-state index in [1.165, 1.54) is 12.1 Å². The van der Waals surface area contributed by atoms with E-state index in [4.69, 9.17) is 4.74 Å². The number of aryl methyl sites for hydroxylation is 2. The van der Waals surface area contributed by atoms with Gasteiger partial charge in [-0.15, -0.1) is 0 Å². The van der Waals surface area contributed by atoms with Crippen LogP contribution in [-0.4, -0.2) is 33.5 Å². The number of hydrogen-bond donors (Lipinski definition) is 2. The summed E-state index contributed by atoms with van der Waals surface area (Å²) in [6, 6.07) is 6.61. The van der Waals surface area contributed by atoms with Crippen LogP contribution in [0.3, 0.4) is 0 Å². The minimum Gasteiger partial charge on any atom is -0.739 e. The van der Waals surface area contributed by atoms with Crippen molar-refractivity contribution in [2.45, 2.75) is 33.3 Å². The van der Waals surface area contributed by atoms with Crippen molar-refractivity contribution in [2.24, 2.45) is 7.05 Å². The summed E-state index contributed by atoms with van der Waals surface area (Å²) < 4.78 is 7.22. The summed E-state index contributed by atoms with van der Waals surface area (Å²) in [5.41, 5.74) is 1.72. The molecule has 0 aliphatic rings. The topological polar surface area (TPSA) is 135 Å². The molecular formula is C18H23N7O4. The molecule has 3 aromatic rings. The number of esters is 1. The second-order valence-electron chi connectivity index (χ2n) is 6.83. The van der Waals surface area contributed by atoms with Gasteiger partial charge in [-0.1, -0.05) is 0 Å². The first-order valence-electron chi connectivity index (χ1n) is 9.13. The standard InChI is InChI=1S/C18H23N7O4/c1-11(2)29-17(26)7-8-19-18-22-25(28)15-10-13(5-6-14(15)24(18)27)20-16-9-12(3)21-23(16)4/h5-6,9-11,20H,7-8H2,1-4H3,(H,19,22). The molecule has 0 unspecified atom stereocenters. The van der Waals surface area contributed by atoms with Crippen molar-refractivity contribution >= 4 is 34.5 Å². The lowest BCUT2D eigenvalue weighted by Crippen LogP contribution is -2.44. The second kappa shape index (κ2) is 8.17. The number of carbonyl (C=O) groups is 1. The maximum absolute atomic E-state index is 12.5. The summed E-state index contributed by atoms with van der Waals surface area (Å²) in [6.45, 7) is 5.49. The van der Waals surface area contributed by atoms with Crippen molar-refractivity contribution in [3.05, 3.63) is 40.4 Å². The third-order valence-electron chi connectivity index (χ3n) is 4.03. The Morgan fingerprint density at radius 1 is 1.28 bits per heavy atom. The molecule has 2 N–H and O–H groups in total. The molecule has 0 fully saturated rings. The molecule has 0 atom stereocenters. The normalized spacial score (nSPS) is 11.1. The number of carbonyl (C=O) groups excluding carboxylic acids is 1. The van der Waals surface area contributed by atoms with Crippen LogP contribution < -0.4 is 20.2 Å². The zero-order valence-electron chi connectivity index (χ0n) is 16.7. The number of ether oxygens (including phenoxy) is 1. The molecule has 0 saturated heterocycles. The van der Waals surface area contributed by atoms with Crippen LogP contribution >= 0.6 is 0 Å². The zero-order chi connectivity index (χ0) is 21.1. The molecule has 29 heavy (non-hydrogen) atoms. The molecule has 3 rings (SSSR count). The van der Waals surface area contributed by atoms with Crippen molar-refractivity contribution < 1.29 is 19.1 Å². The van der Waals surface area contributed by atoms with Crippen LogP contribution in [0, 0.1) is 17.3 Å². The fourth-order valence-corrected chi connectivity index (χ4v) is 2.80. The van der Waals surface area contributed by atoms with Gasteiger partial charge in [-0.25, -0.2) is 4.73 Å². The highest BCUT2D eigenvalue weighted by Gasteiger charge is 2.21. The Morgan fingerprint density at radius 3 is 2.69 bits per heavy atom. The van der Waals surface area contributed by atoms with E-state index < -0.39 is 5.97 Å². The summed E-state index contributed by atoms with van der Waals surface area (Å²) in [7, 11) is 1.80. The fourth-order valence-electron chi connectivity index (χ4n) is 2.80. The van der Waals surface area contributed by atoms with Gasteiger partial charge in [-0.05, 0) is 32.9 Å². The van der Waals surface area contributed by atoms with E-state index >= 15 is 0 Å². The molecule has 0 radical (unpaired) electrons. The van der Waals surface area contributed by atoms with Crippen molar-refractivity contribution in [3.63, 3.8) is 0 Å². The lowest BCUT2D eigenvalue weighted by Gasteiger charge is -2.12. The van der Waals surface area contributed by atoms with E-state index in [0.717, 1.165) is 11.5 Å². The highest BCUT2D eigenvalue weighted by atomic mass is 16.5. The van der Waals surface area contributed by atoms with Crippen molar-refractivity contribution in [2.75, 3.05) is 17.2 Å². The van der Waals surface area contributed by atoms with Crippen LogP contribution in [0.5, 0.6) is 0 Å². The van der Waals surface area contributed by atoms with Gasteiger partial charge in [-0.2, -0.15) is 5.10 Å². The molecule has 0 aliphatic carbocycles. The number of nitrogens with zero attached hydrogens (tertiary/aromatic N) is 5. The van der Waals surface area contributed by atoms with Crippen molar-refractivity contribution in [1.29, 1.82) is 0 Å². The highest BCUT2D eigenvalue weighted by Crippen LogP contribution is 2.19. The van der Waals surface area contributed by atoms with E-state index in [1.54, 1.807) is 31.6 Å². The molecule has 0 amide bonds. The molecule has 0 bridgehead atoms. The first kappa shape index (κ1) is 20.1. The van der Waals surface area contributed by atoms with Crippen LogP contribution in [0.4, 0.5) is 17.5 Å². The van der Waals surface area contributed by atoms with Gasteiger partial charge < -0.3 is 20.5 Å². The third kappa shape index (κ3) is 4.62. The van der Waals surface area contributed by atoms with E-state index in [-0.39, 0.29) is 36.1 Å². The largest absolute Gasteiger partial charge is 0.739 e. The van der Waals surface area contributed by atoms with E-state index in [2.05, 4.69) is 20.8 Å². The van der Waals surface area contributed by atoms with Crippen LogP contribution in [0.2, 0.25) is 0 Å². The average Bonchev–Trinajstić information content (AvgIpc) is 2.95. The Labute approximate surface area is 167 Å². The van der Waals surface area contributed by atoms with Gasteiger partial charge in [0.15, 0.2) is 5.52 Å². The first-order valence-corrected chi connectivity index (χ1v) is 9.13. The number of hydrogen-bond acceptors (Lipinski definition) is 8. The summed E-state index contributed by atoms with van der Waals surface area (Å²) >= 11 is 0. The van der Waals surface area contributed by atoms with Gasteiger partial charge in [0.2, 0.25) is 5.10 Å². The average molecular weight is 401 g/mol. The Kier molecular flexibility index (Phi) is 5.66. The van der Waals surface area contributed by atoms with Gasteiger partial charge in [0, 0.05) is 29.7 Å². The van der Waals surface area contributed by atoms with Crippen LogP contribution in [0.15, 0.2) is 24.3 Å². The zero-order valence-corrected chi connectivity index (χ0v) is 16.7. The number of nitrogens with one attached hydrogen (secondary N) is 2. The molecule has 2 heterocycles. The van der Waals surface area contributed by atoms with Gasteiger partial charge >= 0.3 is 17.4 Å². The highest BCUT2D eigenvalue weighted by molar-refractivity contribution is 5.75. The molecule has 11 nitrogen and oxygen atoms in total. The summed E-state index contributed by atoms with van der Waals surface area (Å²) in [4.78, 5) is 11.9. The second-order valence-corrected chi connectivity index (χ2v) is 6.83. The first-order chi connectivity index (χ1) is 13.7. The third-order valence-corrected chi connectivity index (χ3v) is 4.03. The predicted octanol–water partition coefficient (Wildman–Crippen LogP) is 1.04. The van der Waals surface area contributed by atoms with Gasteiger partial charge in [0.25, 0.3) is 0 Å². The minimum absolute atomic E-state index is 0.0454. The lowest BCUT2D eigenvalue weighted by atomic mass is 10.2. The van der Waals surface area contributed by atoms with E-state index in [1.807, 2.05) is 13.0 Å². The number of benzene rings is 1. The monoisotopic (exact) mass is 401 g/mol. The fraction of sp³-hybridized carbons (Fsp3) is 0.389. The number of rotatable bonds is 7. The molecule has 0 spiro atoms. The number of aromatic nitrogens is 5. The molecule has 154 valence electrons. The van der Waals surface area contributed by atoms with E-state index in [0.29, 0.717) is 15.3 Å². The van der Waals surface area contributed by atoms with Crippen LogP contribution in [-0.2, 0) is 16.6 Å². The quantitative estimate of drug-likeness (QED) is 0.341. The maximum atomic E-state index is 12.5. The Hall–Kier alpha value is -3.63. The van der Waals surface area contributed by atoms with E-state index in [9.17, 15) is 15.2 Å². The van der Waals surface area contributed by atoms with Crippen molar-refractivity contribution in [3.8, 4) is 0 Å². The van der Waals surface area contributed by atoms with Gasteiger partial charge in [-0.3, -0.25) is 14.8 Å². The summed E-state index contributed by atoms with van der Waals surface area (Å²) in [5, 5.41) is 38.7. The smallest absolute Gasteiger partial charge is 0.460 e. The summed E-state index contributed by atoms with van der Waals surface area (Å²) in [5.74, 6) is 0.156. The molecule has 0 aliphatic heterocycles. The molecule has 1 aromatic carbocycles. The number of anilines is 3. The van der Waals surface area contributed by atoms with Crippen LogP contribution in [0.1, 0.15) is 26.0 Å². The molecule has 0 saturated carbocycles. The molecule has 11 heteroatoms. The number of fused-ring (bicyclic) bond motifs is 1. The van der Waals surface area contributed by atoms with Gasteiger partial charge in [0.1, 0.15) is 5.82 Å². The Balaban J connectivity index is 1.78. The van der Waals surface area contributed by atoms with Crippen LogP contribution in [0.25, 0.3) is 11.0 Å². The minimum atomic E-state index is -0.401. The van der Waals surface area contributed by atoms with Crippen molar-refractivity contribution in [1.82, 2.24) is 14.9 Å². The summed E-state index contributed by atoms with van der Waals surface area (Å²) in [6.07, 6.45) is -0.170. The maximum Gasteiger partial charge on any atom is 0.460 e. The SMILES string of the molecule is Cc1cc(Nc2ccc3c(c2)[n+]([O-])nc(NCCC(=O)OC(C)C)[n+]3[O-])n(C)n1. The molecular weight excluding hydrogens is 378 g/mol. The Bertz CT molecular complexity index is 1050. The lowest BCUT2D eigenvalue weighted by molar-refractivity contribution is -0.672. The molecule has 2 aromatic heterocycles. The Morgan fingerprint density at radius 2 is 2.03 bits per heavy atom. The van der Waals surface area contributed by atoms with Gasteiger partial charge in [0.05, 0.1) is 24.8 Å². The predicted molar refractivity (Wildman–Crippen MR) is 105 cm³/mol.